The number of amides is 1. The van der Waals surface area contributed by atoms with Gasteiger partial charge < -0.3 is 14.6 Å². The van der Waals surface area contributed by atoms with Crippen molar-refractivity contribution in [3.8, 4) is 0 Å². The van der Waals surface area contributed by atoms with Gasteiger partial charge in [-0.1, -0.05) is 30.3 Å². The van der Waals surface area contributed by atoms with Gasteiger partial charge in [0.1, 0.15) is 0 Å². The zero-order valence-electron chi connectivity index (χ0n) is 14.9. The third-order valence-corrected chi connectivity index (χ3v) is 5.27. The van der Waals surface area contributed by atoms with Gasteiger partial charge in [0.2, 0.25) is 0 Å². The van der Waals surface area contributed by atoms with Gasteiger partial charge in [-0.15, -0.1) is 0 Å². The summed E-state index contributed by atoms with van der Waals surface area (Å²) < 4.78 is 2.10. The average molecular weight is 340 g/mol. The fourth-order valence-electron chi connectivity index (χ4n) is 3.93. The van der Waals surface area contributed by atoms with Gasteiger partial charge in [0.05, 0.1) is 11.5 Å². The van der Waals surface area contributed by atoms with E-state index in [9.17, 15) is 14.7 Å². The molecule has 1 aromatic carbocycles. The molecule has 0 radical (unpaired) electrons. The van der Waals surface area contributed by atoms with Crippen LogP contribution in [0.5, 0.6) is 0 Å². The molecule has 2 heterocycles. The summed E-state index contributed by atoms with van der Waals surface area (Å²) in [7, 11) is 0. The van der Waals surface area contributed by atoms with Crippen molar-refractivity contribution in [3.05, 3.63) is 58.9 Å². The highest BCUT2D eigenvalue weighted by atomic mass is 16.4. The molecule has 132 valence electrons. The minimum atomic E-state index is -0.844. The smallest absolute Gasteiger partial charge is 0.308 e. The van der Waals surface area contributed by atoms with Crippen LogP contribution >= 0.6 is 0 Å². The van der Waals surface area contributed by atoms with Crippen molar-refractivity contribution in [2.24, 2.45) is 5.92 Å². The summed E-state index contributed by atoms with van der Waals surface area (Å²) in [5.41, 5.74) is 3.65. The highest BCUT2D eigenvalue weighted by molar-refractivity contribution is 5.96. The van der Waals surface area contributed by atoms with Gasteiger partial charge in [0.25, 0.3) is 5.91 Å². The first-order valence-electron chi connectivity index (χ1n) is 8.67. The lowest BCUT2D eigenvalue weighted by atomic mass is 9.89. The van der Waals surface area contributed by atoms with Crippen LogP contribution in [0.1, 0.15) is 40.2 Å². The summed E-state index contributed by atoms with van der Waals surface area (Å²) in [5.74, 6) is -1.65. The Morgan fingerprint density at radius 3 is 2.40 bits per heavy atom. The quantitative estimate of drug-likeness (QED) is 0.930. The van der Waals surface area contributed by atoms with Gasteiger partial charge >= 0.3 is 5.97 Å². The van der Waals surface area contributed by atoms with Crippen LogP contribution in [0.4, 0.5) is 0 Å². The molecule has 1 aromatic heterocycles. The first-order valence-corrected chi connectivity index (χ1v) is 8.67. The second-order valence-corrected chi connectivity index (χ2v) is 6.70. The Balaban J connectivity index is 1.89. The fourth-order valence-corrected chi connectivity index (χ4v) is 3.93. The molecule has 0 bridgehead atoms. The van der Waals surface area contributed by atoms with E-state index < -0.39 is 11.9 Å². The molecule has 2 aromatic rings. The number of benzene rings is 1. The lowest BCUT2D eigenvalue weighted by molar-refractivity contribution is -0.141. The minimum Gasteiger partial charge on any atom is -0.481 e. The molecule has 1 amide bonds. The van der Waals surface area contributed by atoms with Gasteiger partial charge in [0.15, 0.2) is 0 Å². The van der Waals surface area contributed by atoms with Crippen LogP contribution in [-0.2, 0) is 11.3 Å². The van der Waals surface area contributed by atoms with Crippen molar-refractivity contribution in [3.63, 3.8) is 0 Å². The van der Waals surface area contributed by atoms with Crippen LogP contribution < -0.4 is 0 Å². The number of aryl methyl sites for hydroxylation is 1. The number of rotatable bonds is 4. The maximum atomic E-state index is 13.0. The highest BCUT2D eigenvalue weighted by Crippen LogP contribution is 2.34. The summed E-state index contributed by atoms with van der Waals surface area (Å²) >= 11 is 0. The van der Waals surface area contributed by atoms with Crippen LogP contribution in [0.15, 0.2) is 36.4 Å². The van der Waals surface area contributed by atoms with Gasteiger partial charge in [-0.25, -0.2) is 0 Å². The number of aliphatic carboxylic acids is 1. The molecular weight excluding hydrogens is 316 g/mol. The van der Waals surface area contributed by atoms with Crippen LogP contribution in [0, 0.1) is 19.8 Å². The van der Waals surface area contributed by atoms with E-state index in [1.54, 1.807) is 4.90 Å². The van der Waals surface area contributed by atoms with Crippen LogP contribution in [0.25, 0.3) is 0 Å². The first kappa shape index (κ1) is 17.3. The molecule has 3 rings (SSSR count). The molecule has 25 heavy (non-hydrogen) atoms. The first-order chi connectivity index (χ1) is 11.9. The minimum absolute atomic E-state index is 0.0718. The summed E-state index contributed by atoms with van der Waals surface area (Å²) in [4.78, 5) is 26.4. The van der Waals surface area contributed by atoms with Crippen LogP contribution in [0.3, 0.4) is 0 Å². The van der Waals surface area contributed by atoms with Gasteiger partial charge in [-0.3, -0.25) is 9.59 Å². The maximum Gasteiger partial charge on any atom is 0.308 e. The normalized spacial score (nSPS) is 20.0. The number of hydrogen-bond donors (Lipinski definition) is 1. The van der Waals surface area contributed by atoms with Crippen molar-refractivity contribution < 1.29 is 14.7 Å². The molecule has 0 aliphatic carbocycles. The Morgan fingerprint density at radius 1 is 1.16 bits per heavy atom. The van der Waals surface area contributed by atoms with Gasteiger partial charge in [0, 0.05) is 36.9 Å². The highest BCUT2D eigenvalue weighted by Gasteiger charge is 2.41. The molecule has 5 nitrogen and oxygen atoms in total. The van der Waals surface area contributed by atoms with Crippen LogP contribution in [0.2, 0.25) is 0 Å². The second kappa shape index (κ2) is 6.75. The molecule has 1 fully saturated rings. The number of aromatic nitrogens is 1. The lowest BCUT2D eigenvalue weighted by Gasteiger charge is -2.17. The van der Waals surface area contributed by atoms with Crippen molar-refractivity contribution >= 4 is 11.9 Å². The Kier molecular flexibility index (Phi) is 4.66. The largest absolute Gasteiger partial charge is 0.481 e. The molecule has 1 aliphatic rings. The van der Waals surface area contributed by atoms with E-state index in [-0.39, 0.29) is 18.4 Å². The molecule has 1 N–H and O–H groups in total. The molecule has 1 aliphatic heterocycles. The Labute approximate surface area is 147 Å². The number of carbonyl (C=O) groups excluding carboxylic acids is 1. The molecule has 0 unspecified atom stereocenters. The summed E-state index contributed by atoms with van der Waals surface area (Å²) in [6.07, 6.45) is 0. The Hall–Kier alpha value is -2.56. The molecule has 2 atom stereocenters. The topological polar surface area (TPSA) is 62.5 Å². The zero-order chi connectivity index (χ0) is 18.1. The van der Waals surface area contributed by atoms with Crippen molar-refractivity contribution in [2.75, 3.05) is 13.1 Å². The van der Waals surface area contributed by atoms with Gasteiger partial charge in [-0.2, -0.15) is 0 Å². The molecule has 5 heteroatoms. The van der Waals surface area contributed by atoms with E-state index >= 15 is 0 Å². The summed E-state index contributed by atoms with van der Waals surface area (Å²) in [5, 5.41) is 9.61. The third-order valence-electron chi connectivity index (χ3n) is 5.27. The lowest BCUT2D eigenvalue weighted by Crippen LogP contribution is -2.30. The maximum absolute atomic E-state index is 13.0. The fraction of sp³-hybridized carbons (Fsp3) is 0.400. The van der Waals surface area contributed by atoms with Gasteiger partial charge in [-0.05, 0) is 32.4 Å². The van der Waals surface area contributed by atoms with E-state index in [0.29, 0.717) is 12.1 Å². The summed E-state index contributed by atoms with van der Waals surface area (Å²) in [6, 6.07) is 11.5. The number of carbonyl (C=O) groups is 2. The number of nitrogens with zero attached hydrogens (tertiary/aromatic N) is 2. The predicted molar refractivity (Wildman–Crippen MR) is 95.8 cm³/mol. The van der Waals surface area contributed by atoms with E-state index in [0.717, 1.165) is 23.5 Å². The van der Waals surface area contributed by atoms with Crippen LogP contribution in [-0.4, -0.2) is 39.5 Å². The molecule has 0 spiro atoms. The molecule has 0 saturated carbocycles. The Bertz CT molecular complexity index is 795. The molecular formula is C20H24N2O3. The standard InChI is InChI=1S/C20H24N2O3/c1-4-22-13(2)10-16(14(22)3)19(23)21-11-17(18(12-21)20(24)25)15-8-6-5-7-9-15/h5-10,17-18H,4,11-12H2,1-3H3,(H,24,25)/t17-,18+/m0/s1. The second-order valence-electron chi connectivity index (χ2n) is 6.70. The number of likely N-dealkylation sites (tertiary alicyclic amines) is 1. The number of carboxylic acids is 1. The van der Waals surface area contributed by atoms with Crippen molar-refractivity contribution in [2.45, 2.75) is 33.2 Å². The SMILES string of the molecule is CCn1c(C)cc(C(=O)N2C[C@@H](C(=O)O)[C@H](c3ccccc3)C2)c1C. The molecule has 1 saturated heterocycles. The van der Waals surface area contributed by atoms with E-state index in [4.69, 9.17) is 0 Å². The predicted octanol–water partition coefficient (Wildman–Crippen LogP) is 3.07. The number of carboxylic acid groups (broad SMARTS) is 1. The Morgan fingerprint density at radius 2 is 1.84 bits per heavy atom. The van der Waals surface area contributed by atoms with E-state index in [2.05, 4.69) is 11.5 Å². The number of hydrogen-bond acceptors (Lipinski definition) is 2. The summed E-state index contributed by atoms with van der Waals surface area (Å²) in [6.45, 7) is 7.50. The van der Waals surface area contributed by atoms with E-state index in [1.807, 2.05) is 50.2 Å². The van der Waals surface area contributed by atoms with Crippen molar-refractivity contribution in [1.29, 1.82) is 0 Å². The zero-order valence-corrected chi connectivity index (χ0v) is 14.9. The monoisotopic (exact) mass is 340 g/mol. The van der Waals surface area contributed by atoms with Crippen molar-refractivity contribution in [1.82, 2.24) is 9.47 Å². The average Bonchev–Trinajstić information content (AvgIpc) is 3.17. The third kappa shape index (κ3) is 3.06. The van der Waals surface area contributed by atoms with E-state index in [1.165, 1.54) is 0 Å².